The summed E-state index contributed by atoms with van der Waals surface area (Å²) in [6.45, 7) is 8.25. The van der Waals surface area contributed by atoms with Gasteiger partial charge in [-0.05, 0) is 51.7 Å². The van der Waals surface area contributed by atoms with Crippen molar-refractivity contribution in [3.8, 4) is 0 Å². The lowest BCUT2D eigenvalue weighted by molar-refractivity contribution is 0.340. The van der Waals surface area contributed by atoms with Gasteiger partial charge in [-0.2, -0.15) is 0 Å². The Morgan fingerprint density at radius 1 is 0.882 bits per heavy atom. The fraction of sp³-hybridized carbons (Fsp3) is 0.667. The quantitative estimate of drug-likeness (QED) is 0.726. The summed E-state index contributed by atoms with van der Waals surface area (Å²) >= 11 is 0. The van der Waals surface area contributed by atoms with Crippen molar-refractivity contribution in [1.82, 2.24) is 4.57 Å². The number of pyridine rings is 1. The zero-order valence-corrected chi connectivity index (χ0v) is 11.5. The van der Waals surface area contributed by atoms with Crippen LogP contribution >= 0.6 is 0 Å². The molecular weight excluding hydrogens is 210 g/mol. The van der Waals surface area contributed by atoms with Crippen molar-refractivity contribution in [2.24, 2.45) is 0 Å². The number of hydrogen-bond acceptors (Lipinski definition) is 1. The molecule has 0 amide bonds. The van der Waals surface area contributed by atoms with Crippen LogP contribution < -0.4 is 5.56 Å². The van der Waals surface area contributed by atoms with Gasteiger partial charge in [0.05, 0.1) is 0 Å². The van der Waals surface area contributed by atoms with Gasteiger partial charge in [0.1, 0.15) is 0 Å². The minimum atomic E-state index is 0.234. The molecule has 0 bridgehead atoms. The van der Waals surface area contributed by atoms with Gasteiger partial charge in [-0.3, -0.25) is 4.79 Å². The monoisotopic (exact) mass is 233 g/mol. The third-order valence-electron chi connectivity index (χ3n) is 4.51. The van der Waals surface area contributed by atoms with Crippen molar-refractivity contribution in [3.05, 3.63) is 32.7 Å². The summed E-state index contributed by atoms with van der Waals surface area (Å²) in [6.07, 6.45) is 6.20. The van der Waals surface area contributed by atoms with E-state index >= 15 is 0 Å². The molecule has 0 saturated heterocycles. The first-order valence-electron chi connectivity index (χ1n) is 6.73. The zero-order chi connectivity index (χ0) is 12.6. The lowest BCUT2D eigenvalue weighted by Gasteiger charge is -2.28. The second-order valence-electron chi connectivity index (χ2n) is 5.43. The van der Waals surface area contributed by atoms with Crippen LogP contribution in [-0.2, 0) is 0 Å². The Kier molecular flexibility index (Phi) is 3.41. The molecule has 0 atom stereocenters. The highest BCUT2D eigenvalue weighted by Gasteiger charge is 2.20. The summed E-state index contributed by atoms with van der Waals surface area (Å²) in [5.74, 6) is 0. The molecule has 2 rings (SSSR count). The highest BCUT2D eigenvalue weighted by atomic mass is 16.1. The largest absolute Gasteiger partial charge is 0.309 e. The highest BCUT2D eigenvalue weighted by Crippen LogP contribution is 2.29. The van der Waals surface area contributed by atoms with Gasteiger partial charge in [-0.15, -0.1) is 0 Å². The molecule has 1 aromatic heterocycles. The minimum Gasteiger partial charge on any atom is -0.309 e. The molecule has 1 aliphatic carbocycles. The maximum atomic E-state index is 12.4. The van der Waals surface area contributed by atoms with Crippen LogP contribution in [0.5, 0.6) is 0 Å². The third-order valence-corrected chi connectivity index (χ3v) is 4.51. The maximum absolute atomic E-state index is 12.4. The molecule has 1 fully saturated rings. The van der Waals surface area contributed by atoms with E-state index in [4.69, 9.17) is 0 Å². The summed E-state index contributed by atoms with van der Waals surface area (Å²) in [5, 5.41) is 0. The van der Waals surface area contributed by atoms with E-state index in [0.29, 0.717) is 6.04 Å². The van der Waals surface area contributed by atoms with Gasteiger partial charge in [0.25, 0.3) is 5.56 Å². The number of rotatable bonds is 1. The molecule has 1 aromatic rings. The molecule has 2 heteroatoms. The molecule has 0 N–H and O–H groups in total. The lowest BCUT2D eigenvalue weighted by Crippen LogP contribution is -2.31. The standard InChI is InChI=1S/C15H23NO/c1-10-11(2)13(4)16(15(17)12(10)3)14-8-6-5-7-9-14/h14H,5-9H2,1-4H3. The lowest BCUT2D eigenvalue weighted by atomic mass is 9.93. The molecule has 0 unspecified atom stereocenters. The van der Waals surface area contributed by atoms with Gasteiger partial charge in [0, 0.05) is 17.3 Å². The molecular formula is C15H23NO. The minimum absolute atomic E-state index is 0.234. The van der Waals surface area contributed by atoms with E-state index in [0.717, 1.165) is 5.56 Å². The van der Waals surface area contributed by atoms with Gasteiger partial charge < -0.3 is 4.57 Å². The first-order valence-corrected chi connectivity index (χ1v) is 6.73. The Bertz CT molecular complexity index is 479. The first kappa shape index (κ1) is 12.4. The molecule has 1 heterocycles. The van der Waals surface area contributed by atoms with Crippen LogP contribution in [-0.4, -0.2) is 4.57 Å². The van der Waals surface area contributed by atoms with Gasteiger partial charge in [-0.25, -0.2) is 0 Å². The third kappa shape index (κ3) is 2.05. The van der Waals surface area contributed by atoms with E-state index < -0.39 is 0 Å². The second kappa shape index (κ2) is 4.67. The van der Waals surface area contributed by atoms with Crippen LogP contribution in [0.2, 0.25) is 0 Å². The SMILES string of the molecule is Cc1c(C)c(C)n(C2CCCCC2)c(=O)c1C. The summed E-state index contributed by atoms with van der Waals surface area (Å²) in [7, 11) is 0. The van der Waals surface area contributed by atoms with Crippen LogP contribution in [0, 0.1) is 27.7 Å². The normalized spacial score (nSPS) is 17.4. The average Bonchev–Trinajstić information content (AvgIpc) is 2.36. The molecule has 1 aliphatic rings. The van der Waals surface area contributed by atoms with Gasteiger partial charge in [-0.1, -0.05) is 19.3 Å². The van der Waals surface area contributed by atoms with Crippen molar-refractivity contribution in [3.63, 3.8) is 0 Å². The number of hydrogen-bond donors (Lipinski definition) is 0. The van der Waals surface area contributed by atoms with E-state index in [-0.39, 0.29) is 5.56 Å². The second-order valence-corrected chi connectivity index (χ2v) is 5.43. The molecule has 0 aliphatic heterocycles. The van der Waals surface area contributed by atoms with Crippen LogP contribution in [0.3, 0.4) is 0 Å². The summed E-state index contributed by atoms with van der Waals surface area (Å²) in [4.78, 5) is 12.4. The van der Waals surface area contributed by atoms with E-state index in [1.807, 2.05) is 6.92 Å². The fourth-order valence-electron chi connectivity index (χ4n) is 3.01. The first-order chi connectivity index (χ1) is 8.04. The van der Waals surface area contributed by atoms with Crippen molar-refractivity contribution >= 4 is 0 Å². The Morgan fingerprint density at radius 2 is 1.47 bits per heavy atom. The predicted octanol–water partition coefficient (Wildman–Crippen LogP) is 3.59. The smallest absolute Gasteiger partial charge is 0.254 e. The highest BCUT2D eigenvalue weighted by molar-refractivity contribution is 5.34. The molecule has 0 radical (unpaired) electrons. The molecule has 0 spiro atoms. The number of nitrogens with zero attached hydrogens (tertiary/aromatic N) is 1. The van der Waals surface area contributed by atoms with E-state index in [9.17, 15) is 4.79 Å². The Labute approximate surface area is 104 Å². The van der Waals surface area contributed by atoms with E-state index in [1.165, 1.54) is 48.9 Å². The summed E-state index contributed by atoms with van der Waals surface area (Å²) < 4.78 is 2.07. The summed E-state index contributed by atoms with van der Waals surface area (Å²) in [6, 6.07) is 0.439. The van der Waals surface area contributed by atoms with Crippen molar-refractivity contribution in [1.29, 1.82) is 0 Å². The van der Waals surface area contributed by atoms with Gasteiger partial charge in [0.15, 0.2) is 0 Å². The van der Waals surface area contributed by atoms with Crippen LogP contribution in [0.25, 0.3) is 0 Å². The van der Waals surface area contributed by atoms with E-state index in [1.54, 1.807) is 0 Å². The predicted molar refractivity (Wildman–Crippen MR) is 71.8 cm³/mol. The van der Waals surface area contributed by atoms with Crippen LogP contribution in [0.4, 0.5) is 0 Å². The van der Waals surface area contributed by atoms with Crippen molar-refractivity contribution in [2.75, 3.05) is 0 Å². The topological polar surface area (TPSA) is 22.0 Å². The Balaban J connectivity index is 2.56. The maximum Gasteiger partial charge on any atom is 0.254 e. The van der Waals surface area contributed by atoms with Gasteiger partial charge in [0.2, 0.25) is 0 Å². The zero-order valence-electron chi connectivity index (χ0n) is 11.5. The molecule has 17 heavy (non-hydrogen) atoms. The fourth-order valence-corrected chi connectivity index (χ4v) is 3.01. The molecule has 94 valence electrons. The van der Waals surface area contributed by atoms with Crippen LogP contribution in [0.15, 0.2) is 4.79 Å². The van der Waals surface area contributed by atoms with Crippen molar-refractivity contribution < 1.29 is 0 Å². The molecule has 0 aromatic carbocycles. The molecule has 2 nitrogen and oxygen atoms in total. The Morgan fingerprint density at radius 3 is 2.06 bits per heavy atom. The average molecular weight is 233 g/mol. The number of aromatic nitrogens is 1. The van der Waals surface area contributed by atoms with Gasteiger partial charge >= 0.3 is 0 Å². The van der Waals surface area contributed by atoms with Crippen LogP contribution in [0.1, 0.15) is 60.5 Å². The summed E-state index contributed by atoms with van der Waals surface area (Å²) in [5.41, 5.74) is 4.79. The Hall–Kier alpha value is -1.05. The van der Waals surface area contributed by atoms with E-state index in [2.05, 4.69) is 25.3 Å². The molecule has 1 saturated carbocycles. The van der Waals surface area contributed by atoms with Crippen molar-refractivity contribution in [2.45, 2.75) is 65.8 Å².